The van der Waals surface area contributed by atoms with Crippen LogP contribution in [0.4, 0.5) is 11.4 Å². The van der Waals surface area contributed by atoms with Gasteiger partial charge in [-0.25, -0.2) is 0 Å². The summed E-state index contributed by atoms with van der Waals surface area (Å²) >= 11 is 0. The highest BCUT2D eigenvalue weighted by molar-refractivity contribution is 5.47. The fraction of sp³-hybridized carbons (Fsp3) is 0.438. The lowest BCUT2D eigenvalue weighted by atomic mass is 9.48. The third-order valence-corrected chi connectivity index (χ3v) is 9.49. The molecule has 0 radical (unpaired) electrons. The van der Waals surface area contributed by atoms with Crippen molar-refractivity contribution in [2.24, 2.45) is 17.3 Å². The number of ether oxygens (including phenoxy) is 1. The molecule has 3 aromatic carbocycles. The van der Waals surface area contributed by atoms with E-state index in [4.69, 9.17) is 4.74 Å². The smallest absolute Gasteiger partial charge is 0.119 e. The number of rotatable bonds is 5. The first-order chi connectivity index (χ1) is 17.1. The minimum atomic E-state index is 0.301. The molecule has 182 valence electrons. The molecule has 0 spiro atoms. The van der Waals surface area contributed by atoms with Gasteiger partial charge in [0.15, 0.2) is 0 Å². The summed E-state index contributed by atoms with van der Waals surface area (Å²) in [6, 6.07) is 29.4. The monoisotopic (exact) mass is 466 g/mol. The number of nitrogens with one attached hydrogen (secondary N) is 2. The normalized spacial score (nSPS) is 31.4. The molecule has 0 unspecified atom stereocenters. The summed E-state index contributed by atoms with van der Waals surface area (Å²) in [5.41, 5.74) is 5.90. The van der Waals surface area contributed by atoms with Gasteiger partial charge < -0.3 is 15.4 Å². The molecule has 3 nitrogen and oxygen atoms in total. The van der Waals surface area contributed by atoms with Crippen LogP contribution >= 0.6 is 0 Å². The molecule has 3 heteroatoms. The Morgan fingerprint density at radius 2 is 1.54 bits per heavy atom. The number of aryl methyl sites for hydroxylation is 1. The molecule has 2 N–H and O–H groups in total. The quantitative estimate of drug-likeness (QED) is 0.408. The van der Waals surface area contributed by atoms with Crippen molar-refractivity contribution in [1.82, 2.24) is 0 Å². The first-order valence-corrected chi connectivity index (χ1v) is 13.4. The molecule has 35 heavy (non-hydrogen) atoms. The average Bonchev–Trinajstić information content (AvgIpc) is 2.90. The van der Waals surface area contributed by atoms with Gasteiger partial charge in [0.25, 0.3) is 0 Å². The van der Waals surface area contributed by atoms with Crippen molar-refractivity contribution in [2.75, 3.05) is 17.7 Å². The van der Waals surface area contributed by atoms with Gasteiger partial charge in [0.05, 0.1) is 7.11 Å². The number of hydrogen-bond acceptors (Lipinski definition) is 3. The van der Waals surface area contributed by atoms with Crippen LogP contribution in [0.3, 0.4) is 0 Å². The molecule has 0 bridgehead atoms. The minimum absolute atomic E-state index is 0.301. The average molecular weight is 467 g/mol. The van der Waals surface area contributed by atoms with Crippen LogP contribution in [0.2, 0.25) is 0 Å². The van der Waals surface area contributed by atoms with Gasteiger partial charge >= 0.3 is 0 Å². The maximum absolute atomic E-state index is 5.54. The largest absolute Gasteiger partial charge is 0.497 e. The third kappa shape index (κ3) is 4.20. The van der Waals surface area contributed by atoms with Gasteiger partial charge in [-0.15, -0.1) is 0 Å². The van der Waals surface area contributed by atoms with Crippen LogP contribution in [0.1, 0.15) is 56.1 Å². The molecule has 0 saturated heterocycles. The van der Waals surface area contributed by atoms with Crippen molar-refractivity contribution < 1.29 is 4.74 Å². The Balaban J connectivity index is 1.32. The highest BCUT2D eigenvalue weighted by Gasteiger charge is 2.54. The number of para-hydroxylation sites is 2. The van der Waals surface area contributed by atoms with E-state index in [1.807, 2.05) is 0 Å². The lowest BCUT2D eigenvalue weighted by Crippen LogP contribution is -2.57. The number of hydrogen-bond donors (Lipinski definition) is 2. The fourth-order valence-electron chi connectivity index (χ4n) is 7.71. The summed E-state index contributed by atoms with van der Waals surface area (Å²) in [4.78, 5) is 0. The zero-order valence-corrected chi connectivity index (χ0v) is 21.0. The number of methoxy groups -OCH3 is 1. The summed E-state index contributed by atoms with van der Waals surface area (Å²) in [6.45, 7) is 2.59. The van der Waals surface area contributed by atoms with E-state index in [0.717, 1.165) is 18.1 Å². The van der Waals surface area contributed by atoms with Crippen molar-refractivity contribution in [3.05, 3.63) is 90.0 Å². The van der Waals surface area contributed by atoms with Crippen LogP contribution in [0, 0.1) is 17.3 Å². The molecular formula is C32H38N2O. The summed E-state index contributed by atoms with van der Waals surface area (Å²) in [7, 11) is 1.78. The standard InChI is InChI=1S/C32H38N2O/c1-32-18-17-28-27-16-14-26(35-2)19-22(27)13-15-29(28)30(32)20-25(33-23-9-5-3-6-10-23)21-31(32)34-24-11-7-4-8-12-24/h3-12,14,16,19,25,28-31,33-34H,13,15,17-18,20-21H2,1-2H3/t25-,28+,29+,30-,31-,32-/m0/s1. The van der Waals surface area contributed by atoms with Gasteiger partial charge in [0.1, 0.15) is 5.75 Å². The Bertz CT molecular complexity index is 1150. The topological polar surface area (TPSA) is 33.3 Å². The summed E-state index contributed by atoms with van der Waals surface area (Å²) in [5, 5.41) is 7.93. The fourth-order valence-corrected chi connectivity index (χ4v) is 7.71. The van der Waals surface area contributed by atoms with Crippen molar-refractivity contribution in [3.8, 4) is 5.75 Å². The molecule has 3 aromatic rings. The summed E-state index contributed by atoms with van der Waals surface area (Å²) < 4.78 is 5.54. The number of anilines is 2. The van der Waals surface area contributed by atoms with E-state index >= 15 is 0 Å². The zero-order chi connectivity index (χ0) is 23.8. The van der Waals surface area contributed by atoms with Gasteiger partial charge in [-0.2, -0.15) is 0 Å². The molecule has 3 aliphatic rings. The Kier molecular flexibility index (Phi) is 5.96. The molecule has 2 saturated carbocycles. The Hall–Kier alpha value is -2.94. The van der Waals surface area contributed by atoms with Crippen molar-refractivity contribution in [2.45, 2.75) is 63.5 Å². The van der Waals surface area contributed by atoms with Crippen LogP contribution in [-0.4, -0.2) is 19.2 Å². The van der Waals surface area contributed by atoms with E-state index < -0.39 is 0 Å². The lowest BCUT2D eigenvalue weighted by Gasteiger charge is -2.59. The van der Waals surface area contributed by atoms with Gasteiger partial charge in [0.2, 0.25) is 0 Å². The third-order valence-electron chi connectivity index (χ3n) is 9.49. The van der Waals surface area contributed by atoms with Crippen molar-refractivity contribution in [1.29, 1.82) is 0 Å². The van der Waals surface area contributed by atoms with Gasteiger partial charge in [-0.3, -0.25) is 0 Å². The Morgan fingerprint density at radius 1 is 0.829 bits per heavy atom. The first kappa shape index (κ1) is 22.5. The summed E-state index contributed by atoms with van der Waals surface area (Å²) in [5.74, 6) is 3.12. The molecule has 0 aliphatic heterocycles. The molecule has 0 amide bonds. The lowest BCUT2D eigenvalue weighted by molar-refractivity contribution is -0.0177. The second kappa shape index (κ2) is 9.26. The van der Waals surface area contributed by atoms with Crippen LogP contribution in [-0.2, 0) is 6.42 Å². The predicted molar refractivity (Wildman–Crippen MR) is 145 cm³/mol. The van der Waals surface area contributed by atoms with Crippen molar-refractivity contribution in [3.63, 3.8) is 0 Å². The van der Waals surface area contributed by atoms with Crippen LogP contribution in [0.25, 0.3) is 0 Å². The molecular weight excluding hydrogens is 428 g/mol. The van der Waals surface area contributed by atoms with Crippen molar-refractivity contribution >= 4 is 11.4 Å². The second-order valence-corrected chi connectivity index (χ2v) is 11.3. The van der Waals surface area contributed by atoms with Gasteiger partial charge in [0, 0.05) is 23.5 Å². The van der Waals surface area contributed by atoms with E-state index in [2.05, 4.69) is 96.4 Å². The highest BCUT2D eigenvalue weighted by Crippen LogP contribution is 2.60. The van der Waals surface area contributed by atoms with Gasteiger partial charge in [-0.1, -0.05) is 49.4 Å². The first-order valence-electron chi connectivity index (χ1n) is 13.4. The number of fused-ring (bicyclic) bond motifs is 5. The van der Waals surface area contributed by atoms with E-state index in [9.17, 15) is 0 Å². The highest BCUT2D eigenvalue weighted by atomic mass is 16.5. The molecule has 0 aromatic heterocycles. The zero-order valence-electron chi connectivity index (χ0n) is 21.0. The van der Waals surface area contributed by atoms with Gasteiger partial charge in [-0.05, 0) is 109 Å². The molecule has 2 fully saturated rings. The van der Waals surface area contributed by atoms with E-state index in [1.165, 1.54) is 49.0 Å². The molecule has 6 rings (SSSR count). The van der Waals surface area contributed by atoms with Crippen LogP contribution in [0.5, 0.6) is 5.75 Å². The van der Waals surface area contributed by atoms with E-state index in [1.54, 1.807) is 12.7 Å². The molecule has 3 aliphatic carbocycles. The summed E-state index contributed by atoms with van der Waals surface area (Å²) in [6.07, 6.45) is 7.45. The molecule has 0 heterocycles. The molecule has 6 atom stereocenters. The maximum Gasteiger partial charge on any atom is 0.119 e. The second-order valence-electron chi connectivity index (χ2n) is 11.3. The predicted octanol–water partition coefficient (Wildman–Crippen LogP) is 7.51. The van der Waals surface area contributed by atoms with Crippen LogP contribution in [0.15, 0.2) is 78.9 Å². The maximum atomic E-state index is 5.54. The van der Waals surface area contributed by atoms with E-state index in [0.29, 0.717) is 29.3 Å². The number of benzene rings is 3. The Labute approximate surface area is 210 Å². The minimum Gasteiger partial charge on any atom is -0.497 e. The Morgan fingerprint density at radius 3 is 2.26 bits per heavy atom. The SMILES string of the molecule is COc1ccc2c(c1)CC[C@@H]1[C@@H]2CC[C@]2(C)[C@@H](Nc3ccccc3)C[C@@H](Nc3ccccc3)C[C@@H]12. The van der Waals surface area contributed by atoms with Crippen LogP contribution < -0.4 is 15.4 Å². The van der Waals surface area contributed by atoms with E-state index in [-0.39, 0.29) is 0 Å².